The van der Waals surface area contributed by atoms with Gasteiger partial charge in [-0.25, -0.2) is 4.39 Å². The number of carbonyl (C=O) groups is 1. The Labute approximate surface area is 170 Å². The van der Waals surface area contributed by atoms with Crippen LogP contribution in [0.3, 0.4) is 0 Å². The van der Waals surface area contributed by atoms with Gasteiger partial charge in [0.15, 0.2) is 5.43 Å². The maximum atomic E-state index is 14.0. The molecule has 0 N–H and O–H groups in total. The lowest BCUT2D eigenvalue weighted by atomic mass is 10.2. The molecule has 0 unspecified atom stereocenters. The normalized spacial score (nSPS) is 14.5. The third-order valence-corrected chi connectivity index (χ3v) is 5.56. The van der Waals surface area contributed by atoms with Gasteiger partial charge in [0.2, 0.25) is 5.91 Å². The van der Waals surface area contributed by atoms with Crippen molar-refractivity contribution in [2.24, 2.45) is 0 Å². The molecule has 1 fully saturated rings. The topological polar surface area (TPSA) is 45.6 Å². The van der Waals surface area contributed by atoms with E-state index >= 15 is 0 Å². The zero-order valence-corrected chi connectivity index (χ0v) is 16.7. The Morgan fingerprint density at radius 1 is 1.04 bits per heavy atom. The Bertz CT molecular complexity index is 1090. The van der Waals surface area contributed by atoms with Gasteiger partial charge in [-0.3, -0.25) is 9.59 Å². The van der Waals surface area contributed by atoms with Gasteiger partial charge in [-0.2, -0.15) is 0 Å². The van der Waals surface area contributed by atoms with E-state index < -0.39 is 0 Å². The monoisotopic (exact) mass is 443 g/mol. The number of fused-ring (bicyclic) bond motifs is 1. The smallest absolute Gasteiger partial charge is 0.242 e. The zero-order chi connectivity index (χ0) is 19.7. The van der Waals surface area contributed by atoms with Crippen molar-refractivity contribution in [1.82, 2.24) is 9.47 Å². The summed E-state index contributed by atoms with van der Waals surface area (Å²) in [5.41, 5.74) is 1.23. The summed E-state index contributed by atoms with van der Waals surface area (Å²) in [6.45, 7) is 2.41. The number of benzene rings is 2. The second kappa shape index (κ2) is 7.75. The summed E-state index contributed by atoms with van der Waals surface area (Å²) in [6, 6.07) is 13.6. The molecule has 2 heterocycles. The van der Waals surface area contributed by atoms with Gasteiger partial charge < -0.3 is 14.4 Å². The van der Waals surface area contributed by atoms with E-state index in [-0.39, 0.29) is 23.7 Å². The van der Waals surface area contributed by atoms with Crippen LogP contribution in [0, 0.1) is 5.82 Å². The number of carbonyl (C=O) groups excluding carboxylic acids is 1. The minimum Gasteiger partial charge on any atom is -0.366 e. The highest BCUT2D eigenvalue weighted by Crippen LogP contribution is 2.21. The highest BCUT2D eigenvalue weighted by molar-refractivity contribution is 9.10. The minimum atomic E-state index is -0.243. The van der Waals surface area contributed by atoms with Crippen LogP contribution in [0.5, 0.6) is 0 Å². The maximum Gasteiger partial charge on any atom is 0.242 e. The number of aromatic nitrogens is 1. The van der Waals surface area contributed by atoms with Crippen LogP contribution in [-0.2, 0) is 11.3 Å². The predicted octanol–water partition coefficient (Wildman–Crippen LogP) is 3.25. The summed E-state index contributed by atoms with van der Waals surface area (Å²) in [5.74, 6) is -0.259. The van der Waals surface area contributed by atoms with Crippen LogP contribution in [-0.4, -0.2) is 41.6 Å². The van der Waals surface area contributed by atoms with E-state index in [0.29, 0.717) is 37.3 Å². The zero-order valence-electron chi connectivity index (χ0n) is 15.1. The molecule has 144 valence electrons. The number of anilines is 1. The van der Waals surface area contributed by atoms with Crippen LogP contribution >= 0.6 is 15.9 Å². The number of hydrogen-bond donors (Lipinski definition) is 0. The van der Waals surface area contributed by atoms with Crippen molar-refractivity contribution in [1.29, 1.82) is 0 Å². The molecule has 5 nitrogen and oxygen atoms in total. The van der Waals surface area contributed by atoms with Crippen molar-refractivity contribution < 1.29 is 9.18 Å². The molecule has 1 saturated heterocycles. The molecule has 0 radical (unpaired) electrons. The van der Waals surface area contributed by atoms with Crippen molar-refractivity contribution in [3.8, 4) is 0 Å². The number of para-hydroxylation sites is 1. The van der Waals surface area contributed by atoms with Gasteiger partial charge >= 0.3 is 0 Å². The van der Waals surface area contributed by atoms with E-state index in [1.54, 1.807) is 33.9 Å². The molecule has 0 saturated carbocycles. The van der Waals surface area contributed by atoms with Gasteiger partial charge in [-0.15, -0.1) is 0 Å². The molecule has 1 aliphatic heterocycles. The van der Waals surface area contributed by atoms with Crippen LogP contribution in [0.4, 0.5) is 10.1 Å². The standard InChI is InChI=1S/C21H19BrFN3O2/c22-15-5-6-16-19(13-15)26(8-7-20(16)27)14-21(28)25-11-9-24(10-12-25)18-4-2-1-3-17(18)23/h1-8,13H,9-12,14H2. The molecule has 4 rings (SSSR count). The number of nitrogens with zero attached hydrogens (tertiary/aromatic N) is 3. The molecule has 0 spiro atoms. The van der Waals surface area contributed by atoms with E-state index in [2.05, 4.69) is 15.9 Å². The minimum absolute atomic E-state index is 0.0156. The van der Waals surface area contributed by atoms with E-state index in [1.165, 1.54) is 12.1 Å². The fourth-order valence-electron chi connectivity index (χ4n) is 3.57. The van der Waals surface area contributed by atoms with Crippen LogP contribution in [0.1, 0.15) is 0 Å². The van der Waals surface area contributed by atoms with Crippen LogP contribution in [0.2, 0.25) is 0 Å². The summed E-state index contributed by atoms with van der Waals surface area (Å²) >= 11 is 3.42. The lowest BCUT2D eigenvalue weighted by Gasteiger charge is -2.36. The number of rotatable bonds is 3. The summed E-state index contributed by atoms with van der Waals surface area (Å²) in [5, 5.41) is 0.586. The number of hydrogen-bond acceptors (Lipinski definition) is 3. The van der Waals surface area contributed by atoms with Crippen molar-refractivity contribution >= 4 is 38.4 Å². The summed E-state index contributed by atoms with van der Waals surface area (Å²) < 4.78 is 16.6. The van der Waals surface area contributed by atoms with Crippen molar-refractivity contribution in [2.75, 3.05) is 31.1 Å². The molecule has 28 heavy (non-hydrogen) atoms. The largest absolute Gasteiger partial charge is 0.366 e. The number of halogens is 2. The second-order valence-corrected chi connectivity index (χ2v) is 7.70. The molecule has 1 aliphatic rings. The third-order valence-electron chi connectivity index (χ3n) is 5.07. The average molecular weight is 444 g/mol. The Morgan fingerprint density at radius 3 is 2.54 bits per heavy atom. The van der Waals surface area contributed by atoms with E-state index in [0.717, 1.165) is 9.99 Å². The molecule has 7 heteroatoms. The number of amides is 1. The van der Waals surface area contributed by atoms with Crippen molar-refractivity contribution in [3.05, 3.63) is 75.2 Å². The molecule has 0 bridgehead atoms. The number of piperazine rings is 1. The molecular weight excluding hydrogens is 425 g/mol. The van der Waals surface area contributed by atoms with Crippen LogP contribution < -0.4 is 10.3 Å². The first kappa shape index (κ1) is 18.7. The highest BCUT2D eigenvalue weighted by Gasteiger charge is 2.23. The van der Waals surface area contributed by atoms with Gasteiger partial charge in [-0.1, -0.05) is 28.1 Å². The fourth-order valence-corrected chi connectivity index (χ4v) is 3.92. The first-order valence-corrected chi connectivity index (χ1v) is 9.88. The van der Waals surface area contributed by atoms with E-state index in [1.807, 2.05) is 23.1 Å². The first-order chi connectivity index (χ1) is 13.5. The third kappa shape index (κ3) is 3.67. The summed E-state index contributed by atoms with van der Waals surface area (Å²) in [6.07, 6.45) is 1.66. The SMILES string of the molecule is O=C(Cn1ccc(=O)c2ccc(Br)cc21)N1CCN(c2ccccc2F)CC1. The van der Waals surface area contributed by atoms with Gasteiger partial charge in [0.1, 0.15) is 12.4 Å². The molecule has 1 aromatic heterocycles. The Hall–Kier alpha value is -2.67. The van der Waals surface area contributed by atoms with Gasteiger partial charge in [0, 0.05) is 48.3 Å². The lowest BCUT2D eigenvalue weighted by Crippen LogP contribution is -2.49. The molecule has 0 atom stereocenters. The molecule has 2 aromatic carbocycles. The Morgan fingerprint density at radius 2 is 1.79 bits per heavy atom. The van der Waals surface area contributed by atoms with E-state index in [9.17, 15) is 14.0 Å². The highest BCUT2D eigenvalue weighted by atomic mass is 79.9. The average Bonchev–Trinajstić information content (AvgIpc) is 2.70. The quantitative estimate of drug-likeness (QED) is 0.623. The van der Waals surface area contributed by atoms with Crippen LogP contribution in [0.25, 0.3) is 10.9 Å². The summed E-state index contributed by atoms with van der Waals surface area (Å²) in [4.78, 5) is 28.6. The fraction of sp³-hybridized carbons (Fsp3) is 0.238. The molecule has 1 amide bonds. The molecular formula is C21H19BrFN3O2. The number of pyridine rings is 1. The Kier molecular flexibility index (Phi) is 5.17. The maximum absolute atomic E-state index is 14.0. The molecule has 0 aliphatic carbocycles. The van der Waals surface area contributed by atoms with Crippen molar-refractivity contribution in [2.45, 2.75) is 6.54 Å². The first-order valence-electron chi connectivity index (χ1n) is 9.09. The van der Waals surface area contributed by atoms with Gasteiger partial charge in [-0.05, 0) is 30.3 Å². The van der Waals surface area contributed by atoms with Crippen molar-refractivity contribution in [3.63, 3.8) is 0 Å². The second-order valence-electron chi connectivity index (χ2n) is 6.79. The van der Waals surface area contributed by atoms with Crippen LogP contribution in [0.15, 0.2) is 64.0 Å². The Balaban J connectivity index is 1.48. The molecule has 3 aromatic rings. The van der Waals surface area contributed by atoms with Gasteiger partial charge in [0.05, 0.1) is 11.2 Å². The summed E-state index contributed by atoms with van der Waals surface area (Å²) in [7, 11) is 0. The van der Waals surface area contributed by atoms with Gasteiger partial charge in [0.25, 0.3) is 0 Å². The van der Waals surface area contributed by atoms with E-state index in [4.69, 9.17) is 0 Å². The lowest BCUT2D eigenvalue weighted by molar-refractivity contribution is -0.132. The predicted molar refractivity (Wildman–Crippen MR) is 111 cm³/mol.